The molecule has 1 heterocycles. The van der Waals surface area contributed by atoms with Crippen molar-refractivity contribution in [3.8, 4) is 5.75 Å². The summed E-state index contributed by atoms with van der Waals surface area (Å²) in [6.45, 7) is 3.47. The summed E-state index contributed by atoms with van der Waals surface area (Å²) in [7, 11) is 0. The van der Waals surface area contributed by atoms with E-state index in [2.05, 4.69) is 15.5 Å². The van der Waals surface area contributed by atoms with E-state index >= 15 is 0 Å². The number of nitrogens with zero attached hydrogens (tertiary/aromatic N) is 2. The number of hydrogen-bond donors (Lipinski definition) is 1. The highest BCUT2D eigenvalue weighted by atomic mass is 32.2. The zero-order chi connectivity index (χ0) is 20.4. The number of anilines is 1. The molecule has 0 unspecified atom stereocenters. The van der Waals surface area contributed by atoms with Crippen molar-refractivity contribution in [2.75, 3.05) is 24.3 Å². The molecule has 0 saturated carbocycles. The van der Waals surface area contributed by atoms with Gasteiger partial charge in [0, 0.05) is 6.42 Å². The SMILES string of the molecule is CCOC(=O)CSc1nnc(NC(=O)COc2ccc(CCC(C)=O)cc2)s1. The third kappa shape index (κ3) is 8.05. The number of thioether (sulfide) groups is 1. The van der Waals surface area contributed by atoms with E-state index in [4.69, 9.17) is 9.47 Å². The minimum Gasteiger partial charge on any atom is -0.484 e. The molecule has 150 valence electrons. The first kappa shape index (κ1) is 21.8. The predicted molar refractivity (Wildman–Crippen MR) is 107 cm³/mol. The second-order valence-electron chi connectivity index (χ2n) is 5.65. The first-order chi connectivity index (χ1) is 13.5. The van der Waals surface area contributed by atoms with E-state index in [-0.39, 0.29) is 30.0 Å². The van der Waals surface area contributed by atoms with Gasteiger partial charge >= 0.3 is 5.97 Å². The lowest BCUT2D eigenvalue weighted by molar-refractivity contribution is -0.139. The number of rotatable bonds is 11. The molecule has 1 aromatic heterocycles. The molecular weight excluding hydrogens is 402 g/mol. The van der Waals surface area contributed by atoms with E-state index < -0.39 is 0 Å². The smallest absolute Gasteiger partial charge is 0.316 e. The second-order valence-corrected chi connectivity index (χ2v) is 7.85. The van der Waals surface area contributed by atoms with E-state index in [1.165, 1.54) is 23.1 Å². The Morgan fingerprint density at radius 1 is 1.18 bits per heavy atom. The van der Waals surface area contributed by atoms with Crippen LogP contribution < -0.4 is 10.1 Å². The molecular formula is C18H21N3O5S2. The molecule has 8 nitrogen and oxygen atoms in total. The van der Waals surface area contributed by atoms with Crippen molar-refractivity contribution in [1.82, 2.24) is 10.2 Å². The summed E-state index contributed by atoms with van der Waals surface area (Å²) >= 11 is 2.37. The van der Waals surface area contributed by atoms with Gasteiger partial charge < -0.3 is 14.3 Å². The fourth-order valence-electron chi connectivity index (χ4n) is 2.02. The first-order valence-electron chi connectivity index (χ1n) is 8.59. The Balaban J connectivity index is 1.73. The Morgan fingerprint density at radius 3 is 2.61 bits per heavy atom. The largest absolute Gasteiger partial charge is 0.484 e. The van der Waals surface area contributed by atoms with Gasteiger partial charge in [-0.05, 0) is 38.0 Å². The van der Waals surface area contributed by atoms with Crippen molar-refractivity contribution in [2.24, 2.45) is 0 Å². The van der Waals surface area contributed by atoms with Crippen LogP contribution in [-0.2, 0) is 25.5 Å². The van der Waals surface area contributed by atoms with Crippen molar-refractivity contribution in [3.63, 3.8) is 0 Å². The van der Waals surface area contributed by atoms with Crippen molar-refractivity contribution in [1.29, 1.82) is 0 Å². The Morgan fingerprint density at radius 2 is 1.93 bits per heavy atom. The lowest BCUT2D eigenvalue weighted by Crippen LogP contribution is -2.20. The summed E-state index contributed by atoms with van der Waals surface area (Å²) in [4.78, 5) is 34.3. The first-order valence-corrected chi connectivity index (χ1v) is 10.4. The quantitative estimate of drug-likeness (QED) is 0.334. The number of benzene rings is 1. The molecule has 0 aliphatic carbocycles. The Kier molecular flexibility index (Phi) is 8.89. The second kappa shape index (κ2) is 11.4. The van der Waals surface area contributed by atoms with Crippen LogP contribution in [-0.4, -0.2) is 46.8 Å². The molecule has 28 heavy (non-hydrogen) atoms. The topological polar surface area (TPSA) is 107 Å². The summed E-state index contributed by atoms with van der Waals surface area (Å²) in [6, 6.07) is 7.26. The van der Waals surface area contributed by atoms with E-state index in [9.17, 15) is 14.4 Å². The van der Waals surface area contributed by atoms with Gasteiger partial charge in [-0.15, -0.1) is 10.2 Å². The molecule has 10 heteroatoms. The highest BCUT2D eigenvalue weighted by Gasteiger charge is 2.11. The molecule has 0 aliphatic rings. The summed E-state index contributed by atoms with van der Waals surface area (Å²) in [5.41, 5.74) is 1.04. The van der Waals surface area contributed by atoms with Crippen LogP contribution in [0.15, 0.2) is 28.6 Å². The van der Waals surface area contributed by atoms with E-state index in [1.54, 1.807) is 26.0 Å². The minimum absolute atomic E-state index is 0.141. The summed E-state index contributed by atoms with van der Waals surface area (Å²) in [5, 5.41) is 10.7. The average molecular weight is 424 g/mol. The number of amides is 1. The number of ether oxygens (including phenoxy) is 2. The Bertz CT molecular complexity index is 808. The summed E-state index contributed by atoms with van der Waals surface area (Å²) in [5.74, 6) is 0.163. The van der Waals surface area contributed by atoms with Crippen LogP contribution in [0.1, 0.15) is 25.8 Å². The van der Waals surface area contributed by atoms with Crippen LogP contribution >= 0.6 is 23.1 Å². The van der Waals surface area contributed by atoms with Gasteiger partial charge in [-0.1, -0.05) is 35.2 Å². The third-order valence-electron chi connectivity index (χ3n) is 3.33. The third-order valence-corrected chi connectivity index (χ3v) is 5.28. The van der Waals surface area contributed by atoms with Gasteiger partial charge in [-0.25, -0.2) is 0 Å². The number of esters is 1. The maximum Gasteiger partial charge on any atom is 0.316 e. The van der Waals surface area contributed by atoms with Gasteiger partial charge in [0.2, 0.25) is 5.13 Å². The molecule has 0 aliphatic heterocycles. The zero-order valence-electron chi connectivity index (χ0n) is 15.6. The van der Waals surface area contributed by atoms with Crippen LogP contribution in [0.2, 0.25) is 0 Å². The number of aryl methyl sites for hydroxylation is 1. The van der Waals surface area contributed by atoms with Crippen LogP contribution in [0.4, 0.5) is 5.13 Å². The average Bonchev–Trinajstić information content (AvgIpc) is 3.11. The maximum absolute atomic E-state index is 12.0. The molecule has 1 aromatic carbocycles. The van der Waals surface area contributed by atoms with Crippen molar-refractivity contribution in [3.05, 3.63) is 29.8 Å². The molecule has 0 atom stereocenters. The number of carbonyl (C=O) groups is 3. The van der Waals surface area contributed by atoms with Crippen LogP contribution in [0, 0.1) is 0 Å². The molecule has 0 saturated heterocycles. The van der Waals surface area contributed by atoms with Gasteiger partial charge in [0.05, 0.1) is 12.4 Å². The fourth-order valence-corrected chi connectivity index (χ4v) is 3.58. The van der Waals surface area contributed by atoms with Gasteiger partial charge in [-0.3, -0.25) is 14.9 Å². The van der Waals surface area contributed by atoms with Crippen LogP contribution in [0.5, 0.6) is 5.75 Å². The van der Waals surface area contributed by atoms with Gasteiger partial charge in [-0.2, -0.15) is 0 Å². The number of Topliss-reactive ketones (excluding diaryl/α,β-unsaturated/α-hetero) is 1. The predicted octanol–water partition coefficient (Wildman–Crippen LogP) is 2.73. The monoisotopic (exact) mass is 423 g/mol. The maximum atomic E-state index is 12.0. The highest BCUT2D eigenvalue weighted by Crippen LogP contribution is 2.25. The molecule has 0 fully saturated rings. The van der Waals surface area contributed by atoms with Crippen molar-refractivity contribution >= 4 is 45.9 Å². The summed E-state index contributed by atoms with van der Waals surface area (Å²) < 4.78 is 10.8. The Labute approximate surface area is 171 Å². The highest BCUT2D eigenvalue weighted by molar-refractivity contribution is 8.01. The molecule has 2 rings (SSSR count). The standard InChI is InChI=1S/C18H21N3O5S2/c1-3-25-16(24)11-27-18-21-20-17(28-18)19-15(23)10-26-14-8-6-13(7-9-14)5-4-12(2)22/h6-9H,3-5,10-11H2,1-2H3,(H,19,20,23). The molecule has 1 amide bonds. The molecule has 2 aromatic rings. The van der Waals surface area contributed by atoms with E-state index in [0.717, 1.165) is 5.56 Å². The normalized spacial score (nSPS) is 10.4. The van der Waals surface area contributed by atoms with Crippen LogP contribution in [0.3, 0.4) is 0 Å². The number of hydrogen-bond acceptors (Lipinski definition) is 9. The number of nitrogens with one attached hydrogen (secondary N) is 1. The summed E-state index contributed by atoms with van der Waals surface area (Å²) in [6.07, 6.45) is 1.19. The van der Waals surface area contributed by atoms with Crippen molar-refractivity contribution < 1.29 is 23.9 Å². The molecule has 0 bridgehead atoms. The number of carbonyl (C=O) groups excluding carboxylic acids is 3. The number of aromatic nitrogens is 2. The minimum atomic E-state index is -0.362. The van der Waals surface area contributed by atoms with Crippen molar-refractivity contribution in [2.45, 2.75) is 31.0 Å². The van der Waals surface area contributed by atoms with E-state index in [0.29, 0.717) is 34.7 Å². The molecule has 1 N–H and O–H groups in total. The van der Waals surface area contributed by atoms with Gasteiger partial charge in [0.15, 0.2) is 10.9 Å². The van der Waals surface area contributed by atoms with E-state index in [1.807, 2.05) is 12.1 Å². The Hall–Kier alpha value is -2.46. The fraction of sp³-hybridized carbons (Fsp3) is 0.389. The molecule has 0 spiro atoms. The molecule has 0 radical (unpaired) electrons. The lowest BCUT2D eigenvalue weighted by Gasteiger charge is -2.06. The van der Waals surface area contributed by atoms with Crippen LogP contribution in [0.25, 0.3) is 0 Å². The van der Waals surface area contributed by atoms with Gasteiger partial charge in [0.1, 0.15) is 11.5 Å². The number of ketones is 1. The zero-order valence-corrected chi connectivity index (χ0v) is 17.2. The lowest BCUT2D eigenvalue weighted by atomic mass is 10.1. The van der Waals surface area contributed by atoms with Gasteiger partial charge in [0.25, 0.3) is 5.91 Å².